The van der Waals surface area contributed by atoms with E-state index in [1.54, 1.807) is 11.6 Å². The van der Waals surface area contributed by atoms with Crippen LogP contribution >= 0.6 is 38.9 Å². The summed E-state index contributed by atoms with van der Waals surface area (Å²) in [5.41, 5.74) is 10.2. The van der Waals surface area contributed by atoms with Crippen molar-refractivity contribution in [2.45, 2.75) is 13.5 Å². The number of ether oxygens (including phenoxy) is 2. The molecule has 0 radical (unpaired) electrons. The fraction of sp³-hybridized carbons (Fsp3) is 0.158. The number of nitrogens with one attached hydrogen (secondary N) is 1. The second-order valence-corrected chi connectivity index (χ2v) is 7.70. The molecule has 0 unspecified atom stereocenters. The van der Waals surface area contributed by atoms with E-state index in [2.05, 4.69) is 31.4 Å². The number of halogens is 2. The zero-order chi connectivity index (χ0) is 19.9. The van der Waals surface area contributed by atoms with Crippen LogP contribution in [0, 0.1) is 0 Å². The Balaban J connectivity index is 1.76. The van der Waals surface area contributed by atoms with Crippen LogP contribution in [0.4, 0.5) is 10.9 Å². The molecule has 3 rings (SSSR count). The molecule has 0 saturated heterocycles. The molecular formula is C19H18BrClN4O2S. The summed E-state index contributed by atoms with van der Waals surface area (Å²) in [6.07, 6.45) is 1.67. The smallest absolute Gasteiger partial charge is 0.205 e. The Kier molecular flexibility index (Phi) is 7.13. The van der Waals surface area contributed by atoms with Gasteiger partial charge in [0.2, 0.25) is 5.13 Å². The number of anilines is 2. The topological polar surface area (TPSA) is 81.8 Å². The van der Waals surface area contributed by atoms with Crippen LogP contribution in [0.15, 0.2) is 51.4 Å². The van der Waals surface area contributed by atoms with Crippen LogP contribution in [-0.2, 0) is 6.61 Å². The van der Waals surface area contributed by atoms with Crippen LogP contribution in [-0.4, -0.2) is 17.8 Å². The molecule has 0 spiro atoms. The van der Waals surface area contributed by atoms with Crippen LogP contribution in [0.5, 0.6) is 11.5 Å². The minimum atomic E-state index is 0.340. The summed E-state index contributed by atoms with van der Waals surface area (Å²) in [5, 5.41) is 7.22. The maximum atomic E-state index is 6.20. The van der Waals surface area contributed by atoms with Gasteiger partial charge < -0.3 is 15.2 Å². The van der Waals surface area contributed by atoms with E-state index in [1.165, 1.54) is 11.3 Å². The molecule has 0 bridgehead atoms. The number of thiazole rings is 1. The molecule has 28 heavy (non-hydrogen) atoms. The van der Waals surface area contributed by atoms with Crippen LogP contribution in [0.1, 0.15) is 18.1 Å². The normalized spacial score (nSPS) is 11.0. The Morgan fingerprint density at radius 1 is 1.29 bits per heavy atom. The van der Waals surface area contributed by atoms with Crippen LogP contribution < -0.4 is 20.6 Å². The molecule has 1 aromatic heterocycles. The number of nitrogen functional groups attached to an aromatic ring is 1. The molecule has 0 aliphatic carbocycles. The molecule has 3 aromatic rings. The molecule has 0 fully saturated rings. The average molecular weight is 482 g/mol. The molecular weight excluding hydrogens is 464 g/mol. The van der Waals surface area contributed by atoms with E-state index >= 15 is 0 Å². The van der Waals surface area contributed by atoms with Gasteiger partial charge in [-0.15, -0.1) is 11.3 Å². The molecule has 0 saturated carbocycles. The van der Waals surface area contributed by atoms with Crippen LogP contribution in [0.25, 0.3) is 0 Å². The molecule has 0 amide bonds. The van der Waals surface area contributed by atoms with Gasteiger partial charge in [0.25, 0.3) is 0 Å². The predicted molar refractivity (Wildman–Crippen MR) is 119 cm³/mol. The van der Waals surface area contributed by atoms with Crippen LogP contribution in [0.2, 0.25) is 5.02 Å². The van der Waals surface area contributed by atoms with Gasteiger partial charge in [0, 0.05) is 26.0 Å². The van der Waals surface area contributed by atoms with Gasteiger partial charge in [-0.1, -0.05) is 29.8 Å². The first-order chi connectivity index (χ1) is 13.6. The van der Waals surface area contributed by atoms with Gasteiger partial charge in [-0.2, -0.15) is 5.10 Å². The van der Waals surface area contributed by atoms with E-state index in [-0.39, 0.29) is 0 Å². The molecule has 0 aliphatic rings. The molecule has 3 N–H and O–H groups in total. The Labute approximate surface area is 180 Å². The second-order valence-electron chi connectivity index (χ2n) is 5.58. The highest BCUT2D eigenvalue weighted by atomic mass is 79.9. The van der Waals surface area contributed by atoms with Crippen molar-refractivity contribution in [2.24, 2.45) is 5.10 Å². The van der Waals surface area contributed by atoms with Crippen molar-refractivity contribution < 1.29 is 9.47 Å². The number of hydrogen-bond acceptors (Lipinski definition) is 7. The predicted octanol–water partition coefficient (Wildman–Crippen LogP) is 5.56. The van der Waals surface area contributed by atoms with E-state index in [9.17, 15) is 0 Å². The van der Waals surface area contributed by atoms with Gasteiger partial charge in [0.1, 0.15) is 12.4 Å². The molecule has 146 valence electrons. The molecule has 1 heterocycles. The lowest BCUT2D eigenvalue weighted by atomic mass is 10.2. The fourth-order valence-electron chi connectivity index (χ4n) is 2.30. The van der Waals surface area contributed by atoms with Gasteiger partial charge in [-0.25, -0.2) is 4.98 Å². The standard InChI is InChI=1S/C19H18BrClN4O2S/c1-2-26-16-7-13(9-23-25-19-24-18(22)11-28-19)14(20)8-17(16)27-10-12-5-3-4-6-15(12)21/h3-9,11H,2,10,22H2,1H3,(H,24,25). The number of hydrogen-bond donors (Lipinski definition) is 2. The van der Waals surface area contributed by atoms with Gasteiger partial charge in [0.15, 0.2) is 11.5 Å². The van der Waals surface area contributed by atoms with E-state index in [1.807, 2.05) is 43.3 Å². The molecule has 6 nitrogen and oxygen atoms in total. The van der Waals surface area contributed by atoms with Crippen molar-refractivity contribution in [2.75, 3.05) is 17.8 Å². The molecule has 0 aliphatic heterocycles. The third-order valence-corrected chi connectivity index (χ3v) is 5.41. The maximum absolute atomic E-state index is 6.20. The quantitative estimate of drug-likeness (QED) is 0.325. The summed E-state index contributed by atoms with van der Waals surface area (Å²) in [7, 11) is 0. The zero-order valence-corrected chi connectivity index (χ0v) is 18.1. The molecule has 9 heteroatoms. The van der Waals surface area contributed by atoms with Gasteiger partial charge in [-0.05, 0) is 41.1 Å². The highest BCUT2D eigenvalue weighted by Crippen LogP contribution is 2.34. The van der Waals surface area contributed by atoms with E-state index in [0.717, 1.165) is 15.6 Å². The first-order valence-corrected chi connectivity index (χ1v) is 10.4. The SMILES string of the molecule is CCOc1cc(C=NNc2nc(N)cs2)c(Br)cc1OCc1ccccc1Cl. The summed E-state index contributed by atoms with van der Waals surface area (Å²) >= 11 is 11.1. The summed E-state index contributed by atoms with van der Waals surface area (Å²) in [4.78, 5) is 4.09. The second kappa shape index (κ2) is 9.77. The van der Waals surface area contributed by atoms with Gasteiger partial charge >= 0.3 is 0 Å². The molecule has 0 atom stereocenters. The number of aromatic nitrogens is 1. The number of rotatable bonds is 8. The van der Waals surface area contributed by atoms with Crippen LogP contribution in [0.3, 0.4) is 0 Å². The lowest BCUT2D eigenvalue weighted by Crippen LogP contribution is -2.02. The van der Waals surface area contributed by atoms with Crippen molar-refractivity contribution in [3.63, 3.8) is 0 Å². The first kappa shape index (κ1) is 20.4. The summed E-state index contributed by atoms with van der Waals surface area (Å²) in [6.45, 7) is 2.77. The lowest BCUT2D eigenvalue weighted by molar-refractivity contribution is 0.269. The average Bonchev–Trinajstić information content (AvgIpc) is 3.09. The van der Waals surface area contributed by atoms with Crippen molar-refractivity contribution in [3.8, 4) is 11.5 Å². The highest BCUT2D eigenvalue weighted by Gasteiger charge is 2.11. The first-order valence-electron chi connectivity index (χ1n) is 8.39. The van der Waals surface area contributed by atoms with E-state index in [0.29, 0.717) is 40.7 Å². The number of hydrazone groups is 1. The largest absolute Gasteiger partial charge is 0.490 e. The third kappa shape index (κ3) is 5.37. The van der Waals surface area contributed by atoms with E-state index < -0.39 is 0 Å². The third-order valence-electron chi connectivity index (χ3n) is 3.59. The monoisotopic (exact) mass is 480 g/mol. The minimum Gasteiger partial charge on any atom is -0.490 e. The van der Waals surface area contributed by atoms with Crippen molar-refractivity contribution in [1.82, 2.24) is 4.98 Å². The number of nitrogens with two attached hydrogens (primary N) is 1. The lowest BCUT2D eigenvalue weighted by Gasteiger charge is -2.14. The fourth-order valence-corrected chi connectivity index (χ4v) is 3.46. The Hall–Kier alpha value is -2.29. The summed E-state index contributed by atoms with van der Waals surface area (Å²) < 4.78 is 12.5. The summed E-state index contributed by atoms with van der Waals surface area (Å²) in [6, 6.07) is 11.3. The Morgan fingerprint density at radius 2 is 2.07 bits per heavy atom. The summed E-state index contributed by atoms with van der Waals surface area (Å²) in [5.74, 6) is 1.70. The minimum absolute atomic E-state index is 0.340. The Bertz CT molecular complexity index is 980. The number of benzene rings is 2. The van der Waals surface area contributed by atoms with Crippen molar-refractivity contribution in [3.05, 3.63) is 62.4 Å². The van der Waals surface area contributed by atoms with Gasteiger partial charge in [0.05, 0.1) is 12.8 Å². The Morgan fingerprint density at radius 3 is 2.79 bits per heavy atom. The van der Waals surface area contributed by atoms with Crippen molar-refractivity contribution in [1.29, 1.82) is 0 Å². The number of nitrogens with zero attached hydrogens (tertiary/aromatic N) is 2. The highest BCUT2D eigenvalue weighted by molar-refractivity contribution is 9.10. The zero-order valence-electron chi connectivity index (χ0n) is 15.0. The maximum Gasteiger partial charge on any atom is 0.205 e. The van der Waals surface area contributed by atoms with Crippen molar-refractivity contribution >= 4 is 56.0 Å². The van der Waals surface area contributed by atoms with Gasteiger partial charge in [-0.3, -0.25) is 5.43 Å². The molecule has 2 aromatic carbocycles. The van der Waals surface area contributed by atoms with E-state index in [4.69, 9.17) is 26.8 Å².